The molecule has 122 valence electrons. The summed E-state index contributed by atoms with van der Waals surface area (Å²) in [5, 5.41) is 0. The van der Waals surface area contributed by atoms with Crippen LogP contribution in [-0.4, -0.2) is 25.9 Å². The third kappa shape index (κ3) is 4.39. The molecular weight excluding hydrogens is 342 g/mol. The number of nitrogens with two attached hydrogens (primary N) is 1. The molecule has 7 nitrogen and oxygen atoms in total. The van der Waals surface area contributed by atoms with Gasteiger partial charge in [0.25, 0.3) is 20.2 Å². The van der Waals surface area contributed by atoms with Gasteiger partial charge in [0.1, 0.15) is 4.90 Å². The van der Waals surface area contributed by atoms with E-state index in [0.717, 1.165) is 6.07 Å². The fourth-order valence-corrected chi connectivity index (χ4v) is 3.05. The van der Waals surface area contributed by atoms with Crippen LogP contribution in [0.1, 0.15) is 11.1 Å². The smallest absolute Gasteiger partial charge is 0.295 e. The average molecular weight is 355 g/mol. The van der Waals surface area contributed by atoms with Crippen molar-refractivity contribution in [2.75, 3.05) is 5.73 Å². The Kier molecular flexibility index (Phi) is 4.57. The molecule has 0 radical (unpaired) electrons. The van der Waals surface area contributed by atoms with E-state index >= 15 is 0 Å². The lowest BCUT2D eigenvalue weighted by Gasteiger charge is -2.04. The summed E-state index contributed by atoms with van der Waals surface area (Å²) < 4.78 is 62.7. The van der Waals surface area contributed by atoms with E-state index in [4.69, 9.17) is 10.3 Å². The predicted molar refractivity (Wildman–Crippen MR) is 85.9 cm³/mol. The van der Waals surface area contributed by atoms with E-state index in [0.29, 0.717) is 5.56 Å². The van der Waals surface area contributed by atoms with Crippen molar-refractivity contribution in [3.05, 3.63) is 53.6 Å². The first-order chi connectivity index (χ1) is 10.6. The third-order valence-electron chi connectivity index (χ3n) is 2.95. The van der Waals surface area contributed by atoms with Crippen molar-refractivity contribution in [2.24, 2.45) is 0 Å². The molecule has 0 aliphatic carbocycles. The third-order valence-corrected chi connectivity index (χ3v) is 4.73. The van der Waals surface area contributed by atoms with Gasteiger partial charge in [-0.1, -0.05) is 30.4 Å². The lowest BCUT2D eigenvalue weighted by Crippen LogP contribution is -2.02. The normalized spacial score (nSPS) is 12.6. The molecule has 9 heteroatoms. The van der Waals surface area contributed by atoms with Crippen molar-refractivity contribution in [3.8, 4) is 0 Å². The Balaban J connectivity index is 2.38. The van der Waals surface area contributed by atoms with E-state index in [1.807, 2.05) is 0 Å². The van der Waals surface area contributed by atoms with E-state index in [9.17, 15) is 21.4 Å². The van der Waals surface area contributed by atoms with Gasteiger partial charge in [0, 0.05) is 5.69 Å². The van der Waals surface area contributed by atoms with Crippen molar-refractivity contribution in [1.29, 1.82) is 0 Å². The van der Waals surface area contributed by atoms with Crippen LogP contribution in [0.5, 0.6) is 0 Å². The summed E-state index contributed by atoms with van der Waals surface area (Å²) in [5.74, 6) is 0. The highest BCUT2D eigenvalue weighted by Gasteiger charge is 2.14. The van der Waals surface area contributed by atoms with Crippen LogP contribution < -0.4 is 5.73 Å². The van der Waals surface area contributed by atoms with Gasteiger partial charge in [0.15, 0.2) is 0 Å². The van der Waals surface area contributed by atoms with E-state index in [2.05, 4.69) is 0 Å². The molecule has 0 unspecified atom stereocenters. The maximum absolute atomic E-state index is 11.3. The average Bonchev–Trinajstić information content (AvgIpc) is 2.44. The van der Waals surface area contributed by atoms with Crippen LogP contribution in [-0.2, 0) is 20.2 Å². The lowest BCUT2D eigenvalue weighted by atomic mass is 10.1. The van der Waals surface area contributed by atoms with Gasteiger partial charge in [-0.3, -0.25) is 9.11 Å². The zero-order chi connectivity index (χ0) is 17.3. The first kappa shape index (κ1) is 17.2. The van der Waals surface area contributed by atoms with Crippen LogP contribution in [0.3, 0.4) is 0 Å². The van der Waals surface area contributed by atoms with Gasteiger partial charge in [-0.25, -0.2) is 0 Å². The van der Waals surface area contributed by atoms with Gasteiger partial charge in [-0.05, 0) is 35.4 Å². The van der Waals surface area contributed by atoms with Crippen LogP contribution in [0.2, 0.25) is 0 Å². The van der Waals surface area contributed by atoms with Crippen LogP contribution in [0.25, 0.3) is 12.2 Å². The molecule has 0 bridgehead atoms. The summed E-state index contributed by atoms with van der Waals surface area (Å²) in [5.41, 5.74) is 6.48. The highest BCUT2D eigenvalue weighted by Crippen LogP contribution is 2.21. The molecule has 2 aromatic carbocycles. The van der Waals surface area contributed by atoms with E-state index in [-0.39, 0.29) is 21.0 Å². The Morgan fingerprint density at radius 2 is 1.43 bits per heavy atom. The molecule has 4 N–H and O–H groups in total. The Morgan fingerprint density at radius 3 is 1.96 bits per heavy atom. The minimum Gasteiger partial charge on any atom is -0.399 e. The van der Waals surface area contributed by atoms with Gasteiger partial charge in [-0.2, -0.15) is 16.8 Å². The van der Waals surface area contributed by atoms with Crippen molar-refractivity contribution in [2.45, 2.75) is 9.79 Å². The molecule has 2 rings (SSSR count). The second-order valence-electron chi connectivity index (χ2n) is 4.65. The molecular formula is C14H13NO6S2. The Bertz CT molecular complexity index is 961. The lowest BCUT2D eigenvalue weighted by molar-refractivity contribution is 0.481. The quantitative estimate of drug-likeness (QED) is 0.433. The maximum atomic E-state index is 11.3. The van der Waals surface area contributed by atoms with E-state index in [1.54, 1.807) is 0 Å². The molecule has 0 aromatic heterocycles. The number of hydrogen-bond acceptors (Lipinski definition) is 5. The number of nitrogen functional groups attached to an aromatic ring is 1. The van der Waals surface area contributed by atoms with Crippen molar-refractivity contribution < 1.29 is 25.9 Å². The zero-order valence-corrected chi connectivity index (χ0v) is 13.3. The standard InChI is InChI=1S/C14H13NO6S2/c15-12-6-5-11(14(9-12)23(19,20)21)4-1-10-2-7-13(8-3-10)22(16,17)18/h1-9H,15H2,(H,16,17,18)(H,19,20,21)/b4-1+. The van der Waals surface area contributed by atoms with Crippen LogP contribution >= 0.6 is 0 Å². The minimum absolute atomic E-state index is 0.187. The highest BCUT2D eigenvalue weighted by atomic mass is 32.2. The molecule has 0 amide bonds. The first-order valence-electron chi connectivity index (χ1n) is 6.20. The number of benzene rings is 2. The molecule has 0 aliphatic rings. The number of hydrogen-bond donors (Lipinski definition) is 3. The summed E-state index contributed by atoms with van der Waals surface area (Å²) in [6, 6.07) is 9.34. The topological polar surface area (TPSA) is 135 Å². The highest BCUT2D eigenvalue weighted by molar-refractivity contribution is 7.86. The molecule has 0 atom stereocenters. The zero-order valence-electron chi connectivity index (χ0n) is 11.6. The van der Waals surface area contributed by atoms with Gasteiger partial charge < -0.3 is 5.73 Å². The van der Waals surface area contributed by atoms with Crippen LogP contribution in [0.15, 0.2) is 52.3 Å². The summed E-state index contributed by atoms with van der Waals surface area (Å²) in [6.07, 6.45) is 2.96. The fourth-order valence-electron chi connectivity index (χ4n) is 1.85. The van der Waals surface area contributed by atoms with Crippen LogP contribution in [0, 0.1) is 0 Å². The Labute approximate surface area is 133 Å². The van der Waals surface area contributed by atoms with Crippen molar-refractivity contribution >= 4 is 38.1 Å². The Morgan fingerprint density at radius 1 is 0.826 bits per heavy atom. The van der Waals surface area contributed by atoms with Gasteiger partial charge in [0.05, 0.1) is 4.90 Å². The summed E-state index contributed by atoms with van der Waals surface area (Å²) in [4.78, 5) is -0.580. The van der Waals surface area contributed by atoms with E-state index in [1.165, 1.54) is 48.6 Å². The minimum atomic E-state index is -4.43. The fraction of sp³-hybridized carbons (Fsp3) is 0. The summed E-state index contributed by atoms with van der Waals surface area (Å²) in [7, 11) is -8.70. The van der Waals surface area contributed by atoms with Crippen molar-refractivity contribution in [3.63, 3.8) is 0 Å². The molecule has 2 aromatic rings. The van der Waals surface area contributed by atoms with E-state index < -0.39 is 20.2 Å². The number of rotatable bonds is 4. The second kappa shape index (κ2) is 6.13. The van der Waals surface area contributed by atoms with Gasteiger partial charge in [0.2, 0.25) is 0 Å². The van der Waals surface area contributed by atoms with Gasteiger partial charge >= 0.3 is 0 Å². The molecule has 23 heavy (non-hydrogen) atoms. The van der Waals surface area contributed by atoms with Crippen molar-refractivity contribution in [1.82, 2.24) is 0 Å². The maximum Gasteiger partial charge on any atom is 0.295 e. The monoisotopic (exact) mass is 355 g/mol. The first-order valence-corrected chi connectivity index (χ1v) is 9.08. The molecule has 0 saturated heterocycles. The molecule has 0 heterocycles. The molecule has 0 spiro atoms. The number of anilines is 1. The predicted octanol–water partition coefficient (Wildman–Crippen LogP) is 1.93. The second-order valence-corrected chi connectivity index (χ2v) is 7.46. The summed E-state index contributed by atoms with van der Waals surface area (Å²) in [6.45, 7) is 0. The molecule has 0 fully saturated rings. The molecule has 0 saturated carbocycles. The SMILES string of the molecule is Nc1ccc(/C=C/c2ccc(S(=O)(=O)O)cc2)c(S(=O)(=O)O)c1. The van der Waals surface area contributed by atoms with Gasteiger partial charge in [-0.15, -0.1) is 0 Å². The molecule has 0 aliphatic heterocycles. The summed E-state index contributed by atoms with van der Waals surface area (Å²) >= 11 is 0. The Hall–Kier alpha value is -2.20. The van der Waals surface area contributed by atoms with Crippen LogP contribution in [0.4, 0.5) is 5.69 Å². The largest absolute Gasteiger partial charge is 0.399 e.